The first kappa shape index (κ1) is 12.2. The van der Waals surface area contributed by atoms with Gasteiger partial charge in [0.1, 0.15) is 6.23 Å². The lowest BCUT2D eigenvalue weighted by Gasteiger charge is -2.28. The van der Waals surface area contributed by atoms with E-state index in [-0.39, 0.29) is 6.54 Å². The number of para-hydroxylation sites is 1. The number of carbonyl (C=O) groups excluding carboxylic acids is 1. The van der Waals surface area contributed by atoms with Gasteiger partial charge in [0.2, 0.25) is 0 Å². The minimum absolute atomic E-state index is 0.0868. The largest absolute Gasteiger partial charge is 0.463 e. The zero-order valence-electron chi connectivity index (χ0n) is 9.72. The van der Waals surface area contributed by atoms with Crippen LogP contribution in [-0.2, 0) is 0 Å². The Morgan fingerprint density at radius 1 is 1.39 bits per heavy atom. The molecule has 2 N–H and O–H groups in total. The average molecular weight is 251 g/mol. The van der Waals surface area contributed by atoms with Crippen molar-refractivity contribution in [2.45, 2.75) is 6.23 Å². The summed E-state index contributed by atoms with van der Waals surface area (Å²) >= 11 is 0. The van der Waals surface area contributed by atoms with Crippen molar-refractivity contribution in [3.63, 3.8) is 0 Å². The van der Waals surface area contributed by atoms with E-state index in [9.17, 15) is 19.8 Å². The molecule has 0 saturated carbocycles. The van der Waals surface area contributed by atoms with Crippen LogP contribution in [-0.4, -0.2) is 52.1 Å². The van der Waals surface area contributed by atoms with E-state index >= 15 is 0 Å². The molecule has 96 valence electrons. The maximum atomic E-state index is 11.8. The van der Waals surface area contributed by atoms with Crippen molar-refractivity contribution in [1.29, 1.82) is 0 Å². The van der Waals surface area contributed by atoms with Gasteiger partial charge in [0.05, 0.1) is 12.2 Å². The predicted octanol–water partition coefficient (Wildman–Crippen LogP) is 0.772. The van der Waals surface area contributed by atoms with Crippen molar-refractivity contribution in [2.24, 2.45) is 0 Å². The van der Waals surface area contributed by atoms with Crippen LogP contribution in [0.1, 0.15) is 0 Å². The SMILES string of the molecule is CN1C(=O)N(N(C(=O)O)c2ccccc2)CC1O. The number of carbonyl (C=O) groups is 2. The molecule has 1 saturated heterocycles. The first-order chi connectivity index (χ1) is 8.52. The summed E-state index contributed by atoms with van der Waals surface area (Å²) in [5, 5.41) is 20.6. The Bertz CT molecular complexity index is 465. The molecule has 7 nitrogen and oxygen atoms in total. The van der Waals surface area contributed by atoms with Gasteiger partial charge in [-0.2, -0.15) is 5.01 Å². The van der Waals surface area contributed by atoms with Crippen molar-refractivity contribution in [2.75, 3.05) is 18.6 Å². The van der Waals surface area contributed by atoms with E-state index in [1.54, 1.807) is 30.3 Å². The number of anilines is 1. The lowest BCUT2D eigenvalue weighted by molar-refractivity contribution is 0.0788. The molecule has 7 heteroatoms. The number of β-amino-alcohol motifs (C(OH)–C–C–N with tert-alkyl or cyclic N) is 1. The van der Waals surface area contributed by atoms with E-state index in [0.717, 1.165) is 14.9 Å². The number of urea groups is 1. The third kappa shape index (κ3) is 1.95. The average Bonchev–Trinajstić information content (AvgIpc) is 2.59. The lowest BCUT2D eigenvalue weighted by Crippen LogP contribution is -2.48. The zero-order chi connectivity index (χ0) is 13.3. The van der Waals surface area contributed by atoms with Crippen molar-refractivity contribution in [1.82, 2.24) is 9.91 Å². The molecule has 0 spiro atoms. The summed E-state index contributed by atoms with van der Waals surface area (Å²) in [4.78, 5) is 24.2. The minimum Gasteiger partial charge on any atom is -0.463 e. The van der Waals surface area contributed by atoms with Gasteiger partial charge in [-0.1, -0.05) is 18.2 Å². The maximum Gasteiger partial charge on any atom is 0.431 e. The molecule has 1 atom stereocenters. The standard InChI is InChI=1S/C11H13N3O4/c1-12-9(15)7-13(10(12)16)14(11(17)18)8-5-3-2-4-6-8/h2-6,9,15H,7H2,1H3,(H,17,18). The molecular formula is C11H13N3O4. The molecule has 1 aromatic rings. The molecule has 0 bridgehead atoms. The van der Waals surface area contributed by atoms with E-state index in [1.165, 1.54) is 7.05 Å². The number of hydrazine groups is 1. The van der Waals surface area contributed by atoms with Gasteiger partial charge in [-0.3, -0.25) is 4.90 Å². The van der Waals surface area contributed by atoms with Crippen LogP contribution >= 0.6 is 0 Å². The Kier molecular flexibility index (Phi) is 3.07. The Morgan fingerprint density at radius 2 is 2.00 bits per heavy atom. The summed E-state index contributed by atoms with van der Waals surface area (Å²) in [5.41, 5.74) is 0.348. The fraction of sp³-hybridized carbons (Fsp3) is 0.273. The van der Waals surface area contributed by atoms with Crippen molar-refractivity contribution >= 4 is 17.8 Å². The van der Waals surface area contributed by atoms with E-state index < -0.39 is 18.4 Å². The normalized spacial score (nSPS) is 19.2. The summed E-state index contributed by atoms with van der Waals surface area (Å²) in [5.74, 6) is 0. The van der Waals surface area contributed by atoms with Crippen LogP contribution in [0.15, 0.2) is 30.3 Å². The van der Waals surface area contributed by atoms with Crippen LogP contribution < -0.4 is 5.01 Å². The van der Waals surface area contributed by atoms with Gasteiger partial charge >= 0.3 is 12.1 Å². The Morgan fingerprint density at radius 3 is 2.44 bits per heavy atom. The van der Waals surface area contributed by atoms with Crippen molar-refractivity contribution in [3.8, 4) is 0 Å². The second kappa shape index (κ2) is 4.53. The second-order valence-electron chi connectivity index (χ2n) is 3.89. The highest BCUT2D eigenvalue weighted by molar-refractivity contribution is 5.91. The van der Waals surface area contributed by atoms with Gasteiger partial charge in [-0.05, 0) is 12.1 Å². The quantitative estimate of drug-likeness (QED) is 0.813. The van der Waals surface area contributed by atoms with Crippen LogP contribution in [0.5, 0.6) is 0 Å². The van der Waals surface area contributed by atoms with E-state index in [1.807, 2.05) is 0 Å². The topological polar surface area (TPSA) is 84.3 Å². The lowest BCUT2D eigenvalue weighted by atomic mass is 10.3. The van der Waals surface area contributed by atoms with Crippen molar-refractivity contribution < 1.29 is 19.8 Å². The summed E-state index contributed by atoms with van der Waals surface area (Å²) in [6, 6.07) is 7.68. The Balaban J connectivity index is 2.33. The number of benzene rings is 1. The highest BCUT2D eigenvalue weighted by atomic mass is 16.4. The first-order valence-electron chi connectivity index (χ1n) is 5.33. The molecule has 1 aliphatic heterocycles. The molecule has 3 amide bonds. The number of amides is 3. The maximum absolute atomic E-state index is 11.8. The van der Waals surface area contributed by atoms with Gasteiger partial charge in [0.25, 0.3) is 0 Å². The smallest absolute Gasteiger partial charge is 0.431 e. The molecule has 1 unspecified atom stereocenters. The summed E-state index contributed by atoms with van der Waals surface area (Å²) in [6.07, 6.45) is -2.29. The van der Waals surface area contributed by atoms with Crippen LogP contribution in [0.4, 0.5) is 15.3 Å². The second-order valence-corrected chi connectivity index (χ2v) is 3.89. The first-order valence-corrected chi connectivity index (χ1v) is 5.33. The number of rotatable bonds is 2. The number of nitrogens with zero attached hydrogens (tertiary/aromatic N) is 3. The predicted molar refractivity (Wildman–Crippen MR) is 62.8 cm³/mol. The zero-order valence-corrected chi connectivity index (χ0v) is 9.72. The molecule has 0 radical (unpaired) electrons. The van der Waals surface area contributed by atoms with Crippen LogP contribution in [0, 0.1) is 0 Å². The number of aliphatic hydroxyl groups is 1. The van der Waals surface area contributed by atoms with Gasteiger partial charge < -0.3 is 10.2 Å². The molecule has 1 fully saturated rings. The monoisotopic (exact) mass is 251 g/mol. The van der Waals surface area contributed by atoms with Crippen LogP contribution in [0.3, 0.4) is 0 Å². The fourth-order valence-electron chi connectivity index (χ4n) is 1.75. The van der Waals surface area contributed by atoms with Gasteiger partial charge in [0, 0.05) is 7.05 Å². The van der Waals surface area contributed by atoms with Crippen LogP contribution in [0.2, 0.25) is 0 Å². The molecule has 18 heavy (non-hydrogen) atoms. The third-order valence-electron chi connectivity index (χ3n) is 2.73. The van der Waals surface area contributed by atoms with Crippen molar-refractivity contribution in [3.05, 3.63) is 30.3 Å². The highest BCUT2D eigenvalue weighted by Gasteiger charge is 2.39. The Hall–Kier alpha value is -2.28. The molecule has 1 heterocycles. The minimum atomic E-state index is -1.28. The molecule has 0 aromatic heterocycles. The fourth-order valence-corrected chi connectivity index (χ4v) is 1.75. The van der Waals surface area contributed by atoms with E-state index in [0.29, 0.717) is 5.69 Å². The molecule has 1 aromatic carbocycles. The summed E-state index contributed by atoms with van der Waals surface area (Å²) in [7, 11) is 1.41. The van der Waals surface area contributed by atoms with Gasteiger partial charge in [0.15, 0.2) is 0 Å². The number of likely N-dealkylation sites (N-methyl/N-ethyl adjacent to an activating group) is 1. The molecule has 2 rings (SSSR count). The number of hydrogen-bond donors (Lipinski definition) is 2. The number of hydrogen-bond acceptors (Lipinski definition) is 3. The number of aliphatic hydroxyl groups excluding tert-OH is 1. The van der Waals surface area contributed by atoms with E-state index in [4.69, 9.17) is 0 Å². The van der Waals surface area contributed by atoms with Gasteiger partial charge in [-0.25, -0.2) is 14.6 Å². The highest BCUT2D eigenvalue weighted by Crippen LogP contribution is 2.21. The summed E-state index contributed by atoms with van der Waals surface area (Å²) in [6.45, 7) is -0.0868. The Labute approximate surface area is 103 Å². The van der Waals surface area contributed by atoms with Crippen LogP contribution in [0.25, 0.3) is 0 Å². The summed E-state index contributed by atoms with van der Waals surface area (Å²) < 4.78 is 0. The molecule has 1 aliphatic rings. The number of carboxylic acid groups (broad SMARTS) is 1. The molecule has 0 aliphatic carbocycles. The van der Waals surface area contributed by atoms with E-state index in [2.05, 4.69) is 0 Å². The molecular weight excluding hydrogens is 238 g/mol. The third-order valence-corrected chi connectivity index (χ3v) is 2.73. The van der Waals surface area contributed by atoms with Gasteiger partial charge in [-0.15, -0.1) is 0 Å².